The number of aryl methyl sites for hydroxylation is 1. The first kappa shape index (κ1) is 14.1. The van der Waals surface area contributed by atoms with E-state index in [2.05, 4.69) is 5.32 Å². The molecule has 0 aliphatic heterocycles. The van der Waals surface area contributed by atoms with Crippen LogP contribution in [0.3, 0.4) is 0 Å². The van der Waals surface area contributed by atoms with E-state index in [1.165, 1.54) is 6.07 Å². The molecule has 104 valence electrons. The Kier molecular flexibility index (Phi) is 4.35. The molecule has 4 heteroatoms. The van der Waals surface area contributed by atoms with Gasteiger partial charge in [0.15, 0.2) is 0 Å². The fourth-order valence-electron chi connectivity index (χ4n) is 1.97. The number of nitrogen functional groups attached to an aromatic ring is 1. The summed E-state index contributed by atoms with van der Waals surface area (Å²) in [5, 5.41) is 2.76. The van der Waals surface area contributed by atoms with Gasteiger partial charge in [-0.25, -0.2) is 4.39 Å². The van der Waals surface area contributed by atoms with Crippen molar-refractivity contribution in [1.29, 1.82) is 0 Å². The lowest BCUT2D eigenvalue weighted by atomic mass is 10.1. The van der Waals surface area contributed by atoms with E-state index in [4.69, 9.17) is 5.73 Å². The lowest BCUT2D eigenvalue weighted by Crippen LogP contribution is -2.26. The Morgan fingerprint density at radius 3 is 2.75 bits per heavy atom. The van der Waals surface area contributed by atoms with Crippen LogP contribution in [0.4, 0.5) is 10.1 Å². The lowest BCUT2D eigenvalue weighted by Gasteiger charge is -2.09. The van der Waals surface area contributed by atoms with Crippen molar-refractivity contribution in [3.63, 3.8) is 0 Å². The molecule has 0 heterocycles. The average molecular weight is 272 g/mol. The molecule has 0 aliphatic carbocycles. The van der Waals surface area contributed by atoms with Crippen LogP contribution in [0.5, 0.6) is 0 Å². The molecular formula is C16H17FN2O. The first-order chi connectivity index (χ1) is 9.58. The molecule has 0 saturated carbocycles. The topological polar surface area (TPSA) is 55.1 Å². The monoisotopic (exact) mass is 272 g/mol. The predicted octanol–water partition coefficient (Wildman–Crippen LogP) is 2.69. The van der Waals surface area contributed by atoms with Crippen LogP contribution in [0, 0.1) is 12.7 Å². The zero-order chi connectivity index (χ0) is 14.5. The molecule has 20 heavy (non-hydrogen) atoms. The van der Waals surface area contributed by atoms with Crippen molar-refractivity contribution in [2.75, 3.05) is 12.3 Å². The number of hydrogen-bond donors (Lipinski definition) is 2. The molecule has 0 unspecified atom stereocenters. The summed E-state index contributed by atoms with van der Waals surface area (Å²) in [7, 11) is 0. The molecule has 3 nitrogen and oxygen atoms in total. The molecule has 2 rings (SSSR count). The van der Waals surface area contributed by atoms with Crippen molar-refractivity contribution in [3.05, 3.63) is 65.0 Å². The van der Waals surface area contributed by atoms with Crippen molar-refractivity contribution < 1.29 is 9.18 Å². The summed E-state index contributed by atoms with van der Waals surface area (Å²) in [6.45, 7) is 2.27. The highest BCUT2D eigenvalue weighted by atomic mass is 19.1. The van der Waals surface area contributed by atoms with Crippen molar-refractivity contribution in [1.82, 2.24) is 5.32 Å². The maximum Gasteiger partial charge on any atom is 0.253 e. The molecular weight excluding hydrogens is 255 g/mol. The van der Waals surface area contributed by atoms with Gasteiger partial charge in [-0.2, -0.15) is 0 Å². The minimum Gasteiger partial charge on any atom is -0.398 e. The lowest BCUT2D eigenvalue weighted by molar-refractivity contribution is 0.0955. The number of carbonyl (C=O) groups is 1. The molecule has 0 spiro atoms. The van der Waals surface area contributed by atoms with Crippen LogP contribution in [0.15, 0.2) is 42.5 Å². The van der Waals surface area contributed by atoms with Crippen molar-refractivity contribution in [3.8, 4) is 0 Å². The van der Waals surface area contributed by atoms with E-state index in [1.807, 2.05) is 13.0 Å². The number of anilines is 1. The minimum atomic E-state index is -0.253. The van der Waals surface area contributed by atoms with Gasteiger partial charge in [0.1, 0.15) is 5.82 Å². The van der Waals surface area contributed by atoms with Gasteiger partial charge in [0, 0.05) is 12.2 Å². The van der Waals surface area contributed by atoms with Crippen molar-refractivity contribution in [2.24, 2.45) is 0 Å². The molecule has 0 aromatic heterocycles. The fraction of sp³-hybridized carbons (Fsp3) is 0.188. The molecule has 2 aromatic carbocycles. The maximum atomic E-state index is 13.4. The normalized spacial score (nSPS) is 10.3. The van der Waals surface area contributed by atoms with Crippen LogP contribution in [-0.2, 0) is 6.42 Å². The van der Waals surface area contributed by atoms with E-state index in [-0.39, 0.29) is 11.7 Å². The van der Waals surface area contributed by atoms with Crippen LogP contribution in [0.25, 0.3) is 0 Å². The van der Waals surface area contributed by atoms with Gasteiger partial charge in [0.25, 0.3) is 5.91 Å². The minimum absolute atomic E-state index is 0.234. The summed E-state index contributed by atoms with van der Waals surface area (Å²) in [5.41, 5.74) is 8.24. The number of hydrogen-bond acceptors (Lipinski definition) is 2. The summed E-state index contributed by atoms with van der Waals surface area (Å²) in [4.78, 5) is 12.0. The summed E-state index contributed by atoms with van der Waals surface area (Å²) >= 11 is 0. The van der Waals surface area contributed by atoms with Crippen LogP contribution in [0.2, 0.25) is 0 Å². The summed E-state index contributed by atoms with van der Waals surface area (Å²) in [5.74, 6) is -0.487. The zero-order valence-corrected chi connectivity index (χ0v) is 11.3. The number of nitrogens with two attached hydrogens (primary N) is 1. The largest absolute Gasteiger partial charge is 0.398 e. The van der Waals surface area contributed by atoms with Gasteiger partial charge in [-0.05, 0) is 37.1 Å². The molecule has 3 N–H and O–H groups in total. The molecule has 0 fully saturated rings. The van der Waals surface area contributed by atoms with Crippen LogP contribution >= 0.6 is 0 Å². The summed E-state index contributed by atoms with van der Waals surface area (Å²) in [6.07, 6.45) is 0.449. The fourth-order valence-corrected chi connectivity index (χ4v) is 1.97. The van der Waals surface area contributed by atoms with Gasteiger partial charge >= 0.3 is 0 Å². The van der Waals surface area contributed by atoms with E-state index < -0.39 is 0 Å². The van der Waals surface area contributed by atoms with E-state index in [9.17, 15) is 9.18 Å². The second-order valence-electron chi connectivity index (χ2n) is 4.69. The van der Waals surface area contributed by atoms with Gasteiger partial charge in [-0.15, -0.1) is 0 Å². The van der Waals surface area contributed by atoms with Crippen molar-refractivity contribution >= 4 is 11.6 Å². The van der Waals surface area contributed by atoms with E-state index in [0.717, 1.165) is 5.56 Å². The Balaban J connectivity index is 1.96. The first-order valence-electron chi connectivity index (χ1n) is 6.45. The number of benzene rings is 2. The number of halogens is 1. The molecule has 0 aliphatic rings. The third kappa shape index (κ3) is 3.35. The first-order valence-corrected chi connectivity index (χ1v) is 6.45. The third-order valence-electron chi connectivity index (χ3n) is 3.09. The van der Waals surface area contributed by atoms with Crippen molar-refractivity contribution in [2.45, 2.75) is 13.3 Å². The van der Waals surface area contributed by atoms with Crippen LogP contribution in [0.1, 0.15) is 21.5 Å². The zero-order valence-electron chi connectivity index (χ0n) is 11.3. The highest BCUT2D eigenvalue weighted by Gasteiger charge is 2.09. The van der Waals surface area contributed by atoms with Gasteiger partial charge < -0.3 is 11.1 Å². The molecule has 0 bridgehead atoms. The molecule has 0 atom stereocenters. The molecule has 1 amide bonds. The number of carbonyl (C=O) groups excluding carboxylic acids is 1. The van der Waals surface area contributed by atoms with Crippen LogP contribution < -0.4 is 11.1 Å². The average Bonchev–Trinajstić information content (AvgIpc) is 2.43. The maximum absolute atomic E-state index is 13.4. The molecule has 2 aromatic rings. The smallest absolute Gasteiger partial charge is 0.253 e. The Morgan fingerprint density at radius 1 is 1.25 bits per heavy atom. The standard InChI is InChI=1S/C16H17FN2O/c1-11-6-7-15(18)13(10-11)16(20)19-9-8-12-4-2-3-5-14(12)17/h2-7,10H,8-9,18H2,1H3,(H,19,20). The number of amides is 1. The van der Waals surface area contributed by atoms with Gasteiger partial charge in [0.2, 0.25) is 0 Å². The summed E-state index contributed by atoms with van der Waals surface area (Å²) in [6, 6.07) is 11.8. The molecule has 0 saturated heterocycles. The number of nitrogens with one attached hydrogen (secondary N) is 1. The predicted molar refractivity (Wildman–Crippen MR) is 78.0 cm³/mol. The van der Waals surface area contributed by atoms with Gasteiger partial charge in [0.05, 0.1) is 5.56 Å². The second kappa shape index (κ2) is 6.19. The van der Waals surface area contributed by atoms with Crippen LogP contribution in [-0.4, -0.2) is 12.5 Å². The number of rotatable bonds is 4. The Labute approximate surface area is 117 Å². The quantitative estimate of drug-likeness (QED) is 0.841. The highest BCUT2D eigenvalue weighted by molar-refractivity contribution is 5.99. The van der Waals surface area contributed by atoms with E-state index in [0.29, 0.717) is 29.8 Å². The summed E-state index contributed by atoms with van der Waals surface area (Å²) < 4.78 is 13.4. The highest BCUT2D eigenvalue weighted by Crippen LogP contribution is 2.13. The SMILES string of the molecule is Cc1ccc(N)c(C(=O)NCCc2ccccc2F)c1. The Hall–Kier alpha value is -2.36. The molecule has 0 radical (unpaired) electrons. The third-order valence-corrected chi connectivity index (χ3v) is 3.09. The van der Waals surface area contributed by atoms with Gasteiger partial charge in [-0.1, -0.05) is 29.8 Å². The van der Waals surface area contributed by atoms with Gasteiger partial charge in [-0.3, -0.25) is 4.79 Å². The Morgan fingerprint density at radius 2 is 2.00 bits per heavy atom. The second-order valence-corrected chi connectivity index (χ2v) is 4.69. The van der Waals surface area contributed by atoms with E-state index in [1.54, 1.807) is 30.3 Å². The Bertz CT molecular complexity index is 626. The van der Waals surface area contributed by atoms with E-state index >= 15 is 0 Å².